The highest BCUT2D eigenvalue weighted by Gasteiger charge is 2.15. The molecule has 0 aliphatic heterocycles. The van der Waals surface area contributed by atoms with Gasteiger partial charge in [-0.05, 0) is 31.5 Å². The Morgan fingerprint density at radius 1 is 1.13 bits per heavy atom. The third-order valence-corrected chi connectivity index (χ3v) is 3.84. The van der Waals surface area contributed by atoms with Crippen LogP contribution in [0.3, 0.4) is 0 Å². The molecule has 3 rings (SSSR count). The van der Waals surface area contributed by atoms with E-state index in [0.29, 0.717) is 22.7 Å². The van der Waals surface area contributed by atoms with Crippen molar-refractivity contribution in [2.75, 3.05) is 14.2 Å². The summed E-state index contributed by atoms with van der Waals surface area (Å²) in [5.74, 6) is 1.28. The molecule has 3 aromatic rings. The van der Waals surface area contributed by atoms with E-state index in [1.165, 1.54) is 6.92 Å². The summed E-state index contributed by atoms with van der Waals surface area (Å²) in [5, 5.41) is 4.37. The van der Waals surface area contributed by atoms with Crippen LogP contribution < -0.4 is 9.47 Å². The minimum Gasteiger partial charge on any atom is -0.493 e. The number of hydrogen-bond donors (Lipinski definition) is 0. The molecule has 2 aromatic heterocycles. The molecule has 1 aromatic carbocycles. The number of Topliss-reactive ketones (excluding diaryl/α,β-unsaturated/α-hetero) is 1. The van der Waals surface area contributed by atoms with Gasteiger partial charge in [-0.2, -0.15) is 5.10 Å². The first kappa shape index (κ1) is 15.0. The fourth-order valence-electron chi connectivity index (χ4n) is 2.60. The molecular formula is C17H17N3O3. The first-order valence-electron chi connectivity index (χ1n) is 7.13. The molecule has 0 spiro atoms. The summed E-state index contributed by atoms with van der Waals surface area (Å²) < 4.78 is 12.3. The number of ketones is 1. The van der Waals surface area contributed by atoms with Crippen molar-refractivity contribution in [1.82, 2.24) is 14.6 Å². The van der Waals surface area contributed by atoms with Crippen LogP contribution in [0.25, 0.3) is 16.8 Å². The molecule has 0 atom stereocenters. The minimum atomic E-state index is -0.0277. The van der Waals surface area contributed by atoms with Crippen molar-refractivity contribution in [3.63, 3.8) is 0 Å². The molecule has 0 amide bonds. The largest absolute Gasteiger partial charge is 0.493 e. The Labute approximate surface area is 133 Å². The monoisotopic (exact) mass is 311 g/mol. The highest BCUT2D eigenvalue weighted by atomic mass is 16.5. The van der Waals surface area contributed by atoms with Gasteiger partial charge < -0.3 is 9.47 Å². The lowest BCUT2D eigenvalue weighted by atomic mass is 10.1. The molecule has 0 bridgehead atoms. The Hall–Kier alpha value is -2.89. The topological polar surface area (TPSA) is 65.7 Å². The second kappa shape index (κ2) is 5.72. The number of carbonyl (C=O) groups excluding carboxylic acids is 1. The molecule has 23 heavy (non-hydrogen) atoms. The second-order valence-corrected chi connectivity index (χ2v) is 5.18. The summed E-state index contributed by atoms with van der Waals surface area (Å²) in [6.07, 6.45) is 3.33. The molecule has 0 unspecified atom stereocenters. The zero-order valence-electron chi connectivity index (χ0n) is 13.5. The normalized spacial score (nSPS) is 10.8. The van der Waals surface area contributed by atoms with E-state index in [1.54, 1.807) is 31.1 Å². The van der Waals surface area contributed by atoms with Gasteiger partial charge in [0.25, 0.3) is 0 Å². The van der Waals surface area contributed by atoms with Gasteiger partial charge in [0.1, 0.15) is 0 Å². The number of carbonyl (C=O) groups is 1. The summed E-state index contributed by atoms with van der Waals surface area (Å²) in [6, 6.07) is 5.65. The second-order valence-electron chi connectivity index (χ2n) is 5.18. The molecule has 0 saturated heterocycles. The van der Waals surface area contributed by atoms with Crippen LogP contribution in [0.1, 0.15) is 23.0 Å². The summed E-state index contributed by atoms with van der Waals surface area (Å²) >= 11 is 0. The zero-order valence-corrected chi connectivity index (χ0v) is 13.5. The number of aryl methyl sites for hydroxylation is 1. The van der Waals surface area contributed by atoms with E-state index in [0.717, 1.165) is 16.8 Å². The van der Waals surface area contributed by atoms with Crippen molar-refractivity contribution in [2.45, 2.75) is 13.8 Å². The lowest BCUT2D eigenvalue weighted by Gasteiger charge is -2.09. The van der Waals surface area contributed by atoms with E-state index in [4.69, 9.17) is 9.47 Å². The molecule has 0 radical (unpaired) electrons. The van der Waals surface area contributed by atoms with Crippen LogP contribution in [0.5, 0.6) is 11.5 Å². The van der Waals surface area contributed by atoms with Crippen molar-refractivity contribution >= 4 is 11.4 Å². The van der Waals surface area contributed by atoms with Crippen molar-refractivity contribution < 1.29 is 14.3 Å². The van der Waals surface area contributed by atoms with E-state index in [-0.39, 0.29) is 5.78 Å². The van der Waals surface area contributed by atoms with Crippen molar-refractivity contribution in [3.05, 3.63) is 41.9 Å². The molecular weight excluding hydrogens is 294 g/mol. The molecule has 6 nitrogen and oxygen atoms in total. The van der Waals surface area contributed by atoms with Gasteiger partial charge in [0.2, 0.25) is 0 Å². The van der Waals surface area contributed by atoms with Crippen LogP contribution >= 0.6 is 0 Å². The Balaban J connectivity index is 2.18. The van der Waals surface area contributed by atoms with Crippen LogP contribution in [0.15, 0.2) is 30.6 Å². The molecule has 0 saturated carbocycles. The number of fused-ring (bicyclic) bond motifs is 1. The Morgan fingerprint density at radius 2 is 1.87 bits per heavy atom. The highest BCUT2D eigenvalue weighted by Crippen LogP contribution is 2.33. The van der Waals surface area contributed by atoms with Crippen molar-refractivity contribution in [1.29, 1.82) is 0 Å². The third-order valence-electron chi connectivity index (χ3n) is 3.84. The predicted octanol–water partition coefficient (Wildman–Crippen LogP) is 2.92. The first-order chi connectivity index (χ1) is 11.1. The lowest BCUT2D eigenvalue weighted by molar-refractivity contribution is 0.101. The van der Waals surface area contributed by atoms with Crippen molar-refractivity contribution in [2.24, 2.45) is 0 Å². The molecule has 0 N–H and O–H groups in total. The van der Waals surface area contributed by atoms with Gasteiger partial charge >= 0.3 is 0 Å². The Bertz CT molecular complexity index is 899. The van der Waals surface area contributed by atoms with E-state index >= 15 is 0 Å². The van der Waals surface area contributed by atoms with Gasteiger partial charge in [0, 0.05) is 11.8 Å². The van der Waals surface area contributed by atoms with E-state index < -0.39 is 0 Å². The van der Waals surface area contributed by atoms with Crippen LogP contribution in [0.2, 0.25) is 0 Å². The maximum absolute atomic E-state index is 11.6. The number of methoxy groups -OCH3 is 2. The lowest BCUT2D eigenvalue weighted by Crippen LogP contribution is -2.05. The maximum Gasteiger partial charge on any atom is 0.163 e. The quantitative estimate of drug-likeness (QED) is 0.693. The Morgan fingerprint density at radius 3 is 2.52 bits per heavy atom. The summed E-state index contributed by atoms with van der Waals surface area (Å²) in [7, 11) is 3.19. The number of aromatic nitrogens is 3. The summed E-state index contributed by atoms with van der Waals surface area (Å²) in [6.45, 7) is 3.38. The fourth-order valence-corrected chi connectivity index (χ4v) is 2.60. The summed E-state index contributed by atoms with van der Waals surface area (Å²) in [4.78, 5) is 16.0. The van der Waals surface area contributed by atoms with Crippen molar-refractivity contribution in [3.8, 4) is 22.6 Å². The molecule has 118 valence electrons. The zero-order chi connectivity index (χ0) is 16.6. The van der Waals surface area contributed by atoms with Gasteiger partial charge in [-0.15, -0.1) is 0 Å². The summed E-state index contributed by atoms with van der Waals surface area (Å²) in [5.41, 5.74) is 3.82. The standard InChI is InChI=1S/C17H17N3O3/c1-10-13(11(2)21)8-18-17-14(9-19-20(10)17)12-5-6-15(22-3)16(7-12)23-4/h5-9H,1-4H3. The predicted molar refractivity (Wildman–Crippen MR) is 86.3 cm³/mol. The van der Waals surface area contributed by atoms with Gasteiger partial charge in [-0.3, -0.25) is 4.79 Å². The SMILES string of the molecule is COc1ccc(-c2cnn3c(C)c(C(C)=O)cnc23)cc1OC. The Kier molecular flexibility index (Phi) is 3.73. The van der Waals surface area contributed by atoms with Crippen LogP contribution in [-0.4, -0.2) is 34.6 Å². The fraction of sp³-hybridized carbons (Fsp3) is 0.235. The molecule has 0 fully saturated rings. The number of hydrogen-bond acceptors (Lipinski definition) is 5. The molecule has 0 aliphatic carbocycles. The maximum atomic E-state index is 11.6. The number of nitrogens with zero attached hydrogens (tertiary/aromatic N) is 3. The molecule has 2 heterocycles. The molecule has 6 heteroatoms. The van der Waals surface area contributed by atoms with Gasteiger partial charge in [0.15, 0.2) is 22.9 Å². The highest BCUT2D eigenvalue weighted by molar-refractivity contribution is 5.95. The number of rotatable bonds is 4. The van der Waals surface area contributed by atoms with Crippen LogP contribution in [-0.2, 0) is 0 Å². The number of benzene rings is 1. The molecule has 0 aliphatic rings. The van der Waals surface area contributed by atoms with E-state index in [1.807, 2.05) is 25.1 Å². The van der Waals surface area contributed by atoms with Gasteiger partial charge in [0.05, 0.1) is 31.7 Å². The smallest absolute Gasteiger partial charge is 0.163 e. The van der Waals surface area contributed by atoms with Gasteiger partial charge in [-0.25, -0.2) is 9.50 Å². The van der Waals surface area contributed by atoms with E-state index in [2.05, 4.69) is 10.1 Å². The minimum absolute atomic E-state index is 0.0277. The average molecular weight is 311 g/mol. The van der Waals surface area contributed by atoms with E-state index in [9.17, 15) is 4.79 Å². The van der Waals surface area contributed by atoms with Crippen LogP contribution in [0, 0.1) is 6.92 Å². The third kappa shape index (κ3) is 2.42. The first-order valence-corrected chi connectivity index (χ1v) is 7.13. The average Bonchev–Trinajstić information content (AvgIpc) is 2.99. The number of ether oxygens (including phenoxy) is 2. The van der Waals surface area contributed by atoms with Gasteiger partial charge in [-0.1, -0.05) is 6.07 Å². The van der Waals surface area contributed by atoms with Crippen LogP contribution in [0.4, 0.5) is 0 Å².